The van der Waals surface area contributed by atoms with E-state index < -0.39 is 17.3 Å². The first kappa shape index (κ1) is 24.7. The summed E-state index contributed by atoms with van der Waals surface area (Å²) in [4.78, 5) is 0. The second-order valence-corrected chi connectivity index (χ2v) is 12.1. The molecule has 31 heavy (non-hydrogen) atoms. The summed E-state index contributed by atoms with van der Waals surface area (Å²) in [5.74, 6) is 2.09. The van der Waals surface area contributed by atoms with Crippen molar-refractivity contribution in [1.29, 1.82) is 0 Å². The lowest BCUT2D eigenvalue weighted by Crippen LogP contribution is -2.37. The van der Waals surface area contributed by atoms with Crippen LogP contribution in [0.3, 0.4) is 0 Å². The number of rotatable bonds is 6. The van der Waals surface area contributed by atoms with Gasteiger partial charge in [-0.1, -0.05) is 51.0 Å². The number of aliphatic hydroxyl groups excluding tert-OH is 1. The van der Waals surface area contributed by atoms with E-state index in [1.165, 1.54) is 32.1 Å². The molecule has 0 heterocycles. The summed E-state index contributed by atoms with van der Waals surface area (Å²) < 4.78 is 0. The molecule has 3 aliphatic rings. The van der Waals surface area contributed by atoms with Crippen LogP contribution in [0, 0.1) is 23.2 Å². The van der Waals surface area contributed by atoms with E-state index in [1.807, 2.05) is 20.8 Å². The van der Waals surface area contributed by atoms with Crippen LogP contribution >= 0.6 is 0 Å². The van der Waals surface area contributed by atoms with Crippen molar-refractivity contribution >= 4 is 0 Å². The van der Waals surface area contributed by atoms with Crippen molar-refractivity contribution in [2.75, 3.05) is 0 Å². The monoisotopic (exact) mass is 430 g/mol. The maximum absolute atomic E-state index is 10.5. The molecule has 2 unspecified atom stereocenters. The smallest absolute Gasteiger partial charge is 0.0814 e. The average Bonchev–Trinajstić information content (AvgIpc) is 2.99. The second-order valence-electron chi connectivity index (χ2n) is 12.1. The number of hydrogen-bond acceptors (Lipinski definition) is 3. The lowest BCUT2D eigenvalue weighted by Gasteiger charge is -2.44. The summed E-state index contributed by atoms with van der Waals surface area (Å²) in [6, 6.07) is 0. The van der Waals surface area contributed by atoms with Gasteiger partial charge in [0.1, 0.15) is 0 Å². The van der Waals surface area contributed by atoms with Gasteiger partial charge in [-0.3, -0.25) is 0 Å². The minimum Gasteiger partial charge on any atom is -0.390 e. The van der Waals surface area contributed by atoms with Crippen molar-refractivity contribution in [3.05, 3.63) is 35.5 Å². The summed E-state index contributed by atoms with van der Waals surface area (Å²) in [7, 11) is 0. The lowest BCUT2D eigenvalue weighted by atomic mass is 9.60. The third kappa shape index (κ3) is 5.72. The minimum absolute atomic E-state index is 0.366. The van der Waals surface area contributed by atoms with Gasteiger partial charge in [-0.05, 0) is 93.6 Å². The molecule has 176 valence electrons. The Labute approximate surface area is 190 Å². The molecule has 3 rings (SSSR count). The van der Waals surface area contributed by atoms with Gasteiger partial charge in [-0.2, -0.15) is 0 Å². The van der Waals surface area contributed by atoms with E-state index in [9.17, 15) is 15.3 Å². The number of aliphatic hydroxyl groups is 3. The third-order valence-corrected chi connectivity index (χ3v) is 8.69. The van der Waals surface area contributed by atoms with Gasteiger partial charge in [-0.15, -0.1) is 0 Å². The first-order chi connectivity index (χ1) is 14.3. The zero-order valence-corrected chi connectivity index (χ0v) is 20.6. The highest BCUT2D eigenvalue weighted by Gasteiger charge is 2.50. The Morgan fingerprint density at radius 3 is 2.61 bits per heavy atom. The van der Waals surface area contributed by atoms with Gasteiger partial charge in [-0.25, -0.2) is 0 Å². The number of hydrogen-bond donors (Lipinski definition) is 3. The summed E-state index contributed by atoms with van der Waals surface area (Å²) in [6.07, 6.45) is 14.2. The maximum atomic E-state index is 10.5. The predicted molar refractivity (Wildman–Crippen MR) is 129 cm³/mol. The third-order valence-electron chi connectivity index (χ3n) is 8.69. The van der Waals surface area contributed by atoms with E-state index in [4.69, 9.17) is 0 Å². The minimum atomic E-state index is -0.858. The van der Waals surface area contributed by atoms with E-state index in [2.05, 4.69) is 32.6 Å². The molecule has 0 bridgehead atoms. The molecular formula is C28H46O3. The summed E-state index contributed by atoms with van der Waals surface area (Å²) in [6.45, 7) is 14.7. The molecule has 3 saturated carbocycles. The lowest BCUT2D eigenvalue weighted by molar-refractivity contribution is 0.00361. The molecule has 0 aromatic heterocycles. The van der Waals surface area contributed by atoms with Gasteiger partial charge in [0.25, 0.3) is 0 Å². The molecule has 3 nitrogen and oxygen atoms in total. The van der Waals surface area contributed by atoms with E-state index in [1.54, 1.807) is 5.57 Å². The fourth-order valence-corrected chi connectivity index (χ4v) is 7.00. The van der Waals surface area contributed by atoms with Gasteiger partial charge in [0.15, 0.2) is 0 Å². The SMILES string of the molecule is C=C1C(=CC=C2CCC[C@@]3(C)C2CCC3[C@@H](C)CCCC(C)(C)O)C[C@](C)(O)C[C@@H]1O. The molecule has 6 atom stereocenters. The van der Waals surface area contributed by atoms with Gasteiger partial charge in [0.05, 0.1) is 17.3 Å². The van der Waals surface area contributed by atoms with Crippen molar-refractivity contribution < 1.29 is 15.3 Å². The summed E-state index contributed by atoms with van der Waals surface area (Å²) in [5.41, 5.74) is 2.27. The molecule has 0 aliphatic heterocycles. The summed E-state index contributed by atoms with van der Waals surface area (Å²) >= 11 is 0. The van der Waals surface area contributed by atoms with Crippen LogP contribution in [0.5, 0.6) is 0 Å². The van der Waals surface area contributed by atoms with Crippen LogP contribution in [0.15, 0.2) is 35.5 Å². The Balaban J connectivity index is 1.72. The molecule has 0 aromatic rings. The molecule has 0 saturated heterocycles. The van der Waals surface area contributed by atoms with Crippen LogP contribution in [0.4, 0.5) is 0 Å². The molecule has 0 amide bonds. The fraction of sp³-hybridized carbons (Fsp3) is 0.786. The number of allylic oxidation sites excluding steroid dienone is 3. The van der Waals surface area contributed by atoms with Crippen LogP contribution < -0.4 is 0 Å². The normalized spacial score (nSPS) is 40.4. The van der Waals surface area contributed by atoms with Crippen LogP contribution in [0.2, 0.25) is 0 Å². The highest BCUT2D eigenvalue weighted by Crippen LogP contribution is 2.60. The highest BCUT2D eigenvalue weighted by molar-refractivity contribution is 5.39. The zero-order chi connectivity index (χ0) is 23.0. The Kier molecular flexibility index (Phi) is 7.30. The standard InChI is InChI=1S/C28H46O3/c1-19(9-7-15-26(3,4)30)23-13-14-24-21(10-8-16-28(23,24)6)11-12-22-17-27(5,31)18-25(29)20(22)2/h11-12,19,23-25,29-31H,2,7-10,13-18H2,1,3-6H3/t19-,23?,24?,25-,27-,28+/m0/s1. The van der Waals surface area contributed by atoms with Crippen molar-refractivity contribution in [3.8, 4) is 0 Å². The van der Waals surface area contributed by atoms with Crippen LogP contribution in [-0.2, 0) is 0 Å². The first-order valence-corrected chi connectivity index (χ1v) is 12.5. The Morgan fingerprint density at radius 2 is 1.94 bits per heavy atom. The molecule has 3 N–H and O–H groups in total. The molecular weight excluding hydrogens is 384 g/mol. The van der Waals surface area contributed by atoms with Crippen LogP contribution in [0.1, 0.15) is 98.8 Å². The van der Waals surface area contributed by atoms with E-state index >= 15 is 0 Å². The molecule has 3 heteroatoms. The Hall–Kier alpha value is -0.900. The van der Waals surface area contributed by atoms with E-state index in [0.717, 1.165) is 36.3 Å². The van der Waals surface area contributed by atoms with Crippen LogP contribution in [-0.4, -0.2) is 32.6 Å². The first-order valence-electron chi connectivity index (χ1n) is 12.5. The number of fused-ring (bicyclic) bond motifs is 1. The van der Waals surface area contributed by atoms with Crippen molar-refractivity contribution in [2.24, 2.45) is 23.2 Å². The predicted octanol–water partition coefficient (Wildman–Crippen LogP) is 6.09. The largest absolute Gasteiger partial charge is 0.390 e. The molecule has 3 fully saturated rings. The van der Waals surface area contributed by atoms with E-state index in [-0.39, 0.29) is 0 Å². The summed E-state index contributed by atoms with van der Waals surface area (Å²) in [5, 5.41) is 30.8. The van der Waals surface area contributed by atoms with E-state index in [0.29, 0.717) is 30.1 Å². The maximum Gasteiger partial charge on any atom is 0.0814 e. The van der Waals surface area contributed by atoms with Gasteiger partial charge in [0.2, 0.25) is 0 Å². The van der Waals surface area contributed by atoms with Gasteiger partial charge < -0.3 is 15.3 Å². The van der Waals surface area contributed by atoms with Gasteiger partial charge >= 0.3 is 0 Å². The fourth-order valence-electron chi connectivity index (χ4n) is 7.00. The Bertz CT molecular complexity index is 723. The second kappa shape index (κ2) is 9.15. The zero-order valence-electron chi connectivity index (χ0n) is 20.6. The van der Waals surface area contributed by atoms with Crippen LogP contribution in [0.25, 0.3) is 0 Å². The molecule has 0 aromatic carbocycles. The molecule has 0 radical (unpaired) electrons. The highest BCUT2D eigenvalue weighted by atomic mass is 16.3. The average molecular weight is 431 g/mol. The van der Waals surface area contributed by atoms with Crippen molar-refractivity contribution in [2.45, 2.75) is 116 Å². The van der Waals surface area contributed by atoms with Crippen molar-refractivity contribution in [3.63, 3.8) is 0 Å². The molecule has 3 aliphatic carbocycles. The van der Waals surface area contributed by atoms with Gasteiger partial charge in [0, 0.05) is 12.8 Å². The topological polar surface area (TPSA) is 60.7 Å². The quantitative estimate of drug-likeness (QED) is 0.477. The van der Waals surface area contributed by atoms with Crippen molar-refractivity contribution in [1.82, 2.24) is 0 Å². The Morgan fingerprint density at radius 1 is 1.23 bits per heavy atom. The molecule has 0 spiro atoms.